The molecular formula is C42H51Br2ClN4O2. The van der Waals surface area contributed by atoms with E-state index >= 15 is 0 Å². The summed E-state index contributed by atoms with van der Waals surface area (Å²) >= 11 is 13.7. The summed E-state index contributed by atoms with van der Waals surface area (Å²) in [5.41, 5.74) is 7.67. The number of benzene rings is 4. The standard InChI is InChI=1S/C22H29BrN2O.C20H22BrClN2O/c1-4-24(5-2)12-13-25-16-18-9-7-6-8-17(18)14-21(25)20-15-19(23)10-11-22(20)26-3;1-3-24-12-11-23-20(24)17-5-4-6-18(22)16(17)9-7-14-13-15(21)8-10-19(14)25-2/h6-11,15,21H,4-5,12-14,16H2,1-3H3;4-6,8,10,13H,3,7,9,11-12H2,1-2H3. The van der Waals surface area contributed by atoms with Crippen LogP contribution in [0, 0.1) is 0 Å². The molecule has 4 aromatic rings. The van der Waals surface area contributed by atoms with Crippen LogP contribution in [0.2, 0.25) is 5.02 Å². The molecule has 0 fully saturated rings. The van der Waals surface area contributed by atoms with Crippen LogP contribution in [-0.2, 0) is 25.8 Å². The first-order valence-corrected chi connectivity index (χ1v) is 20.0. The molecule has 0 amide bonds. The Kier molecular flexibility index (Phi) is 14.9. The Bertz CT molecular complexity index is 1780. The highest BCUT2D eigenvalue weighted by atomic mass is 79.9. The number of aliphatic imine (C=N–C) groups is 1. The first-order chi connectivity index (χ1) is 24.8. The van der Waals surface area contributed by atoms with Gasteiger partial charge in [-0.1, -0.05) is 93.7 Å². The van der Waals surface area contributed by atoms with Crippen LogP contribution in [0.1, 0.15) is 60.2 Å². The zero-order chi connectivity index (χ0) is 36.3. The van der Waals surface area contributed by atoms with Gasteiger partial charge in [0.25, 0.3) is 0 Å². The van der Waals surface area contributed by atoms with Crippen molar-refractivity contribution < 1.29 is 9.47 Å². The molecule has 1 atom stereocenters. The molecule has 272 valence electrons. The molecule has 1 unspecified atom stereocenters. The monoisotopic (exact) mass is 836 g/mol. The summed E-state index contributed by atoms with van der Waals surface area (Å²) in [6.07, 6.45) is 2.73. The van der Waals surface area contributed by atoms with Gasteiger partial charge in [0.15, 0.2) is 0 Å². The number of halogens is 3. The van der Waals surface area contributed by atoms with Crippen LogP contribution < -0.4 is 9.47 Å². The van der Waals surface area contributed by atoms with Gasteiger partial charge < -0.3 is 19.3 Å². The van der Waals surface area contributed by atoms with E-state index in [1.165, 1.54) is 22.3 Å². The van der Waals surface area contributed by atoms with Crippen LogP contribution >= 0.6 is 43.5 Å². The van der Waals surface area contributed by atoms with Gasteiger partial charge in [0.2, 0.25) is 0 Å². The van der Waals surface area contributed by atoms with Crippen LogP contribution in [0.5, 0.6) is 11.5 Å². The summed E-state index contributed by atoms with van der Waals surface area (Å²) < 4.78 is 13.4. The molecule has 2 heterocycles. The van der Waals surface area contributed by atoms with Crippen molar-refractivity contribution in [2.45, 2.75) is 52.6 Å². The third kappa shape index (κ3) is 9.96. The molecule has 0 spiro atoms. The Labute approximate surface area is 327 Å². The molecule has 0 bridgehead atoms. The summed E-state index contributed by atoms with van der Waals surface area (Å²) in [5, 5.41) is 0.803. The third-order valence-corrected chi connectivity index (χ3v) is 11.4. The zero-order valence-electron chi connectivity index (χ0n) is 30.6. The number of methoxy groups -OCH3 is 2. The van der Waals surface area contributed by atoms with E-state index < -0.39 is 0 Å². The van der Waals surface area contributed by atoms with E-state index in [0.29, 0.717) is 6.04 Å². The predicted molar refractivity (Wildman–Crippen MR) is 220 cm³/mol. The number of nitrogens with zero attached hydrogens (tertiary/aromatic N) is 4. The maximum absolute atomic E-state index is 6.56. The number of likely N-dealkylation sites (N-methyl/N-ethyl adjacent to an activating group) is 2. The van der Waals surface area contributed by atoms with E-state index in [1.807, 2.05) is 24.3 Å². The van der Waals surface area contributed by atoms with Crippen molar-refractivity contribution in [3.05, 3.63) is 126 Å². The average Bonchev–Trinajstić information content (AvgIpc) is 3.63. The summed E-state index contributed by atoms with van der Waals surface area (Å²) in [5.74, 6) is 2.96. The van der Waals surface area contributed by atoms with Crippen LogP contribution in [0.4, 0.5) is 0 Å². The Morgan fingerprint density at radius 3 is 2.25 bits per heavy atom. The first kappa shape index (κ1) is 39.3. The van der Waals surface area contributed by atoms with Gasteiger partial charge in [-0.3, -0.25) is 9.89 Å². The minimum absolute atomic E-state index is 0.341. The fourth-order valence-corrected chi connectivity index (χ4v) is 8.22. The summed E-state index contributed by atoms with van der Waals surface area (Å²) in [7, 11) is 3.48. The molecule has 0 N–H and O–H groups in total. The lowest BCUT2D eigenvalue weighted by atomic mass is 9.89. The molecule has 51 heavy (non-hydrogen) atoms. The van der Waals surface area contributed by atoms with Crippen LogP contribution in [0.3, 0.4) is 0 Å². The lowest BCUT2D eigenvalue weighted by Crippen LogP contribution is -2.40. The van der Waals surface area contributed by atoms with Crippen molar-refractivity contribution >= 4 is 49.3 Å². The molecule has 9 heteroatoms. The minimum Gasteiger partial charge on any atom is -0.496 e. The van der Waals surface area contributed by atoms with Gasteiger partial charge in [0.1, 0.15) is 17.3 Å². The van der Waals surface area contributed by atoms with Crippen molar-refractivity contribution in [1.29, 1.82) is 0 Å². The molecule has 4 aromatic carbocycles. The van der Waals surface area contributed by atoms with Crippen molar-refractivity contribution in [3.8, 4) is 11.5 Å². The number of amidine groups is 1. The van der Waals surface area contributed by atoms with Crippen LogP contribution in [0.15, 0.2) is 92.8 Å². The molecule has 0 saturated heterocycles. The van der Waals surface area contributed by atoms with Crippen molar-refractivity contribution in [2.75, 3.05) is 60.0 Å². The molecule has 0 radical (unpaired) electrons. The zero-order valence-corrected chi connectivity index (χ0v) is 34.5. The van der Waals surface area contributed by atoms with E-state index in [2.05, 4.69) is 122 Å². The van der Waals surface area contributed by atoms with Gasteiger partial charge in [-0.25, -0.2) is 0 Å². The molecule has 0 aliphatic carbocycles. The third-order valence-electron chi connectivity index (χ3n) is 10.1. The number of fused-ring (bicyclic) bond motifs is 1. The van der Waals surface area contributed by atoms with Crippen molar-refractivity contribution in [3.63, 3.8) is 0 Å². The van der Waals surface area contributed by atoms with E-state index in [-0.39, 0.29) is 0 Å². The lowest BCUT2D eigenvalue weighted by Gasteiger charge is -2.38. The van der Waals surface area contributed by atoms with Gasteiger partial charge in [-0.05, 0) is 104 Å². The number of rotatable bonds is 13. The van der Waals surface area contributed by atoms with Crippen molar-refractivity contribution in [1.82, 2.24) is 14.7 Å². The first-order valence-electron chi connectivity index (χ1n) is 18.1. The molecular weight excluding hydrogens is 788 g/mol. The predicted octanol–water partition coefficient (Wildman–Crippen LogP) is 9.88. The number of ether oxygens (including phenoxy) is 2. The lowest BCUT2D eigenvalue weighted by molar-refractivity contribution is 0.143. The Morgan fingerprint density at radius 2 is 1.55 bits per heavy atom. The maximum Gasteiger partial charge on any atom is 0.131 e. The minimum atomic E-state index is 0.341. The van der Waals surface area contributed by atoms with E-state index in [1.54, 1.807) is 14.2 Å². The van der Waals surface area contributed by atoms with Gasteiger partial charge >= 0.3 is 0 Å². The summed E-state index contributed by atoms with van der Waals surface area (Å²) in [6.45, 7) is 14.8. The second-order valence-electron chi connectivity index (χ2n) is 12.9. The summed E-state index contributed by atoms with van der Waals surface area (Å²) in [6, 6.07) is 27.7. The van der Waals surface area contributed by atoms with Gasteiger partial charge in [-0.2, -0.15) is 0 Å². The Hall–Kier alpha value is -2.88. The fraction of sp³-hybridized carbons (Fsp3) is 0.405. The molecule has 6 nitrogen and oxygen atoms in total. The van der Waals surface area contributed by atoms with Gasteiger partial charge in [0.05, 0.1) is 20.8 Å². The molecule has 6 rings (SSSR count). The highest BCUT2D eigenvalue weighted by Gasteiger charge is 2.29. The van der Waals surface area contributed by atoms with Crippen LogP contribution in [-0.4, -0.2) is 80.6 Å². The smallest absolute Gasteiger partial charge is 0.131 e. The Morgan fingerprint density at radius 1 is 0.843 bits per heavy atom. The average molecular weight is 839 g/mol. The second-order valence-corrected chi connectivity index (χ2v) is 15.1. The van der Waals surface area contributed by atoms with E-state index in [4.69, 9.17) is 26.1 Å². The molecule has 2 aliphatic rings. The second kappa shape index (κ2) is 19.3. The maximum atomic E-state index is 6.56. The number of hydrogen-bond donors (Lipinski definition) is 0. The normalized spacial score (nSPS) is 15.7. The largest absolute Gasteiger partial charge is 0.496 e. The number of aryl methyl sites for hydroxylation is 1. The van der Waals surface area contributed by atoms with E-state index in [9.17, 15) is 0 Å². The Balaban J connectivity index is 0.000000198. The quantitative estimate of drug-likeness (QED) is 0.134. The molecule has 0 saturated carbocycles. The topological polar surface area (TPSA) is 40.5 Å². The summed E-state index contributed by atoms with van der Waals surface area (Å²) in [4.78, 5) is 12.1. The highest BCUT2D eigenvalue weighted by Crippen LogP contribution is 2.38. The van der Waals surface area contributed by atoms with Crippen molar-refractivity contribution in [2.24, 2.45) is 4.99 Å². The highest BCUT2D eigenvalue weighted by molar-refractivity contribution is 9.10. The SMILES string of the molecule is CCN(CC)CCN1Cc2ccccc2CC1c1cc(Br)ccc1OC.CCN1CCN=C1c1cccc(Cl)c1CCc1cc(Br)ccc1OC. The van der Waals surface area contributed by atoms with E-state index in [0.717, 1.165) is 114 Å². The van der Waals surface area contributed by atoms with Gasteiger partial charge in [-0.15, -0.1) is 0 Å². The molecule has 0 aromatic heterocycles. The molecule has 2 aliphatic heterocycles. The fourth-order valence-electron chi connectivity index (χ4n) is 7.16. The van der Waals surface area contributed by atoms with Crippen LogP contribution in [0.25, 0.3) is 0 Å². The van der Waals surface area contributed by atoms with Gasteiger partial charge in [0, 0.05) is 63.9 Å². The number of hydrogen-bond acceptors (Lipinski definition) is 6.